The molecule has 0 aliphatic heterocycles. The number of aliphatic carboxylic acids is 1. The minimum atomic E-state index is -1.38. The predicted octanol–water partition coefficient (Wildman–Crippen LogP) is 4.59. The third-order valence-electron chi connectivity index (χ3n) is 6.72. The summed E-state index contributed by atoms with van der Waals surface area (Å²) in [6.07, 6.45) is 1.21. The van der Waals surface area contributed by atoms with Crippen LogP contribution in [0.2, 0.25) is 0 Å². The number of rotatable bonds is 8. The average Bonchev–Trinajstić information content (AvgIpc) is 3.17. The Hall–Kier alpha value is -3.80. The lowest BCUT2D eigenvalue weighted by molar-refractivity contribution is -0.144. The number of fused-ring (bicyclic) bond motifs is 1. The second-order valence-corrected chi connectivity index (χ2v) is 9.35. The van der Waals surface area contributed by atoms with Gasteiger partial charge in [-0.05, 0) is 66.8 Å². The fourth-order valence-corrected chi connectivity index (χ4v) is 4.64. The molecule has 0 saturated heterocycles. The zero-order valence-corrected chi connectivity index (χ0v) is 20.6. The molecule has 0 aromatic heterocycles. The second-order valence-electron chi connectivity index (χ2n) is 9.35. The monoisotopic (exact) mass is 473 g/mol. The van der Waals surface area contributed by atoms with E-state index in [2.05, 4.69) is 11.4 Å². The number of aryl methyl sites for hydroxylation is 3. The molecular formula is C29H31NO5. The van der Waals surface area contributed by atoms with Crippen LogP contribution in [0.5, 0.6) is 11.5 Å². The molecule has 0 unspecified atom stereocenters. The van der Waals surface area contributed by atoms with E-state index >= 15 is 0 Å². The lowest BCUT2D eigenvalue weighted by atomic mass is 9.95. The predicted molar refractivity (Wildman–Crippen MR) is 135 cm³/mol. The molecule has 0 spiro atoms. The van der Waals surface area contributed by atoms with Crippen molar-refractivity contribution in [1.29, 1.82) is 0 Å². The molecule has 2 N–H and O–H groups in total. The lowest BCUT2D eigenvalue weighted by Gasteiger charge is -2.25. The highest BCUT2D eigenvalue weighted by Crippen LogP contribution is 2.34. The summed E-state index contributed by atoms with van der Waals surface area (Å²) in [6, 6.07) is 17.2. The zero-order chi connectivity index (χ0) is 25.2. The highest BCUT2D eigenvalue weighted by molar-refractivity contribution is 5.99. The van der Waals surface area contributed by atoms with Crippen LogP contribution >= 0.6 is 0 Å². The fraction of sp³-hybridized carbons (Fsp3) is 0.310. The van der Waals surface area contributed by atoms with E-state index in [1.54, 1.807) is 25.3 Å². The van der Waals surface area contributed by atoms with Gasteiger partial charge < -0.3 is 19.9 Å². The maximum absolute atomic E-state index is 13.2. The summed E-state index contributed by atoms with van der Waals surface area (Å²) in [5.74, 6) is -0.545. The first-order valence-corrected chi connectivity index (χ1v) is 11.7. The molecular weight excluding hydrogens is 442 g/mol. The summed E-state index contributed by atoms with van der Waals surface area (Å²) in [6.45, 7) is 6.47. The highest BCUT2D eigenvalue weighted by atomic mass is 16.5. The van der Waals surface area contributed by atoms with Gasteiger partial charge in [0, 0.05) is 24.8 Å². The molecule has 0 radical (unpaired) electrons. The van der Waals surface area contributed by atoms with E-state index < -0.39 is 17.4 Å². The van der Waals surface area contributed by atoms with Crippen LogP contribution in [0.25, 0.3) is 0 Å². The van der Waals surface area contributed by atoms with Crippen molar-refractivity contribution in [2.24, 2.45) is 0 Å². The lowest BCUT2D eigenvalue weighted by Crippen LogP contribution is -2.55. The molecule has 6 nitrogen and oxygen atoms in total. The largest absolute Gasteiger partial charge is 0.493 e. The van der Waals surface area contributed by atoms with Gasteiger partial charge in [-0.25, -0.2) is 4.79 Å². The molecule has 3 aromatic rings. The minimum absolute atomic E-state index is 0.251. The first-order valence-electron chi connectivity index (χ1n) is 11.7. The van der Waals surface area contributed by atoms with E-state index in [4.69, 9.17) is 9.47 Å². The van der Waals surface area contributed by atoms with E-state index in [-0.39, 0.29) is 12.8 Å². The Labute approximate surface area is 205 Å². The summed E-state index contributed by atoms with van der Waals surface area (Å²) >= 11 is 0. The maximum atomic E-state index is 13.2. The van der Waals surface area contributed by atoms with Gasteiger partial charge in [0.15, 0.2) is 11.5 Å². The Morgan fingerprint density at radius 1 is 0.943 bits per heavy atom. The van der Waals surface area contributed by atoms with E-state index in [0.29, 0.717) is 30.1 Å². The van der Waals surface area contributed by atoms with E-state index in [9.17, 15) is 14.7 Å². The van der Waals surface area contributed by atoms with Gasteiger partial charge in [-0.3, -0.25) is 4.79 Å². The number of carbonyl (C=O) groups is 2. The summed E-state index contributed by atoms with van der Waals surface area (Å²) in [4.78, 5) is 25.5. The molecule has 1 aliphatic carbocycles. The average molecular weight is 474 g/mol. The molecule has 0 fully saturated rings. The third-order valence-corrected chi connectivity index (χ3v) is 6.72. The van der Waals surface area contributed by atoms with Crippen LogP contribution in [0.15, 0.2) is 54.6 Å². The van der Waals surface area contributed by atoms with Gasteiger partial charge >= 0.3 is 5.97 Å². The highest BCUT2D eigenvalue weighted by Gasteiger charge is 2.45. The first kappa shape index (κ1) is 24.3. The van der Waals surface area contributed by atoms with Crippen molar-refractivity contribution in [3.05, 3.63) is 93.5 Å². The Kier molecular flexibility index (Phi) is 6.83. The van der Waals surface area contributed by atoms with Crippen molar-refractivity contribution >= 4 is 11.9 Å². The van der Waals surface area contributed by atoms with Crippen LogP contribution < -0.4 is 14.8 Å². The minimum Gasteiger partial charge on any atom is -0.493 e. The van der Waals surface area contributed by atoms with Crippen LogP contribution in [0, 0.1) is 20.8 Å². The van der Waals surface area contributed by atoms with Gasteiger partial charge in [0.2, 0.25) is 0 Å². The molecule has 0 heterocycles. The van der Waals surface area contributed by atoms with Gasteiger partial charge in [0.1, 0.15) is 5.54 Å². The molecule has 3 aromatic carbocycles. The smallest absolute Gasteiger partial charge is 0.330 e. The van der Waals surface area contributed by atoms with E-state index in [1.807, 2.05) is 51.1 Å². The molecule has 1 aliphatic rings. The topological polar surface area (TPSA) is 84.9 Å². The molecule has 4 rings (SSSR count). The van der Waals surface area contributed by atoms with Crippen LogP contribution in [-0.2, 0) is 24.1 Å². The van der Waals surface area contributed by atoms with Crippen molar-refractivity contribution in [3.8, 4) is 11.5 Å². The van der Waals surface area contributed by atoms with Crippen LogP contribution in [0.4, 0.5) is 0 Å². The van der Waals surface area contributed by atoms with Crippen LogP contribution in [-0.4, -0.2) is 36.2 Å². The third kappa shape index (κ3) is 5.16. The number of carboxylic acid groups (broad SMARTS) is 1. The summed E-state index contributed by atoms with van der Waals surface area (Å²) < 4.78 is 11.4. The quantitative estimate of drug-likeness (QED) is 0.500. The standard InChI is InChI=1S/C29H31NO5/c1-18-6-5-7-21(12-18)10-11-35-26-15-22(8-9-25(26)34-4)27(31)30-29(28(32)33)16-23-13-19(2)20(3)14-24(23)17-29/h5-9,12-15H,10-11,16-17H2,1-4H3,(H,30,31)(H,32,33). The van der Waals surface area contributed by atoms with E-state index in [0.717, 1.165) is 27.8 Å². The van der Waals surface area contributed by atoms with Gasteiger partial charge in [0.25, 0.3) is 5.91 Å². The number of nitrogens with one attached hydrogen (secondary N) is 1. The maximum Gasteiger partial charge on any atom is 0.330 e. The second kappa shape index (κ2) is 9.82. The number of hydrogen-bond acceptors (Lipinski definition) is 4. The Morgan fingerprint density at radius 3 is 2.23 bits per heavy atom. The Morgan fingerprint density at radius 2 is 1.63 bits per heavy atom. The SMILES string of the molecule is COc1ccc(C(=O)NC2(C(=O)O)Cc3cc(C)c(C)cc3C2)cc1OCCc1cccc(C)c1. The Bertz CT molecular complexity index is 1250. The van der Waals surface area contributed by atoms with Crippen molar-refractivity contribution in [1.82, 2.24) is 5.32 Å². The molecule has 35 heavy (non-hydrogen) atoms. The first-order chi connectivity index (χ1) is 16.7. The number of hydrogen-bond donors (Lipinski definition) is 2. The van der Waals surface area contributed by atoms with Crippen molar-refractivity contribution in [2.75, 3.05) is 13.7 Å². The fourth-order valence-electron chi connectivity index (χ4n) is 4.64. The number of benzene rings is 3. The van der Waals surface area contributed by atoms with Crippen molar-refractivity contribution in [3.63, 3.8) is 0 Å². The van der Waals surface area contributed by atoms with Crippen LogP contribution in [0.1, 0.15) is 43.7 Å². The van der Waals surface area contributed by atoms with Crippen molar-refractivity contribution in [2.45, 2.75) is 45.6 Å². The number of methoxy groups -OCH3 is 1. The number of ether oxygens (including phenoxy) is 2. The summed E-state index contributed by atoms with van der Waals surface area (Å²) in [5.41, 5.74) is 5.43. The summed E-state index contributed by atoms with van der Waals surface area (Å²) in [7, 11) is 1.54. The van der Waals surface area contributed by atoms with E-state index in [1.165, 1.54) is 5.56 Å². The zero-order valence-electron chi connectivity index (χ0n) is 20.6. The number of amides is 1. The van der Waals surface area contributed by atoms with Gasteiger partial charge in [0.05, 0.1) is 13.7 Å². The van der Waals surface area contributed by atoms with Crippen molar-refractivity contribution < 1.29 is 24.2 Å². The van der Waals surface area contributed by atoms with Gasteiger partial charge in [-0.15, -0.1) is 0 Å². The van der Waals surface area contributed by atoms with Crippen LogP contribution in [0.3, 0.4) is 0 Å². The molecule has 0 saturated carbocycles. The molecule has 182 valence electrons. The Balaban J connectivity index is 1.51. The normalized spacial score (nSPS) is 13.7. The number of carboxylic acids is 1. The molecule has 0 bridgehead atoms. The number of carbonyl (C=O) groups excluding carboxylic acids is 1. The molecule has 0 atom stereocenters. The van der Waals surface area contributed by atoms with Gasteiger partial charge in [-0.2, -0.15) is 0 Å². The molecule has 6 heteroatoms. The molecule has 1 amide bonds. The summed E-state index contributed by atoms with van der Waals surface area (Å²) in [5, 5.41) is 12.9. The van der Waals surface area contributed by atoms with Gasteiger partial charge in [-0.1, -0.05) is 42.0 Å².